The molecule has 0 aromatic carbocycles. The molecule has 1 N–H and O–H groups in total. The number of aliphatic hydroxyl groups is 1. The highest BCUT2D eigenvalue weighted by Gasteiger charge is 2.07. The first kappa shape index (κ1) is 15.7. The zero-order valence-electron chi connectivity index (χ0n) is 9.56. The highest BCUT2D eigenvalue weighted by Crippen LogP contribution is 2.03. The van der Waals surface area contributed by atoms with Gasteiger partial charge in [0.25, 0.3) is 0 Å². The van der Waals surface area contributed by atoms with Crippen LogP contribution in [0.3, 0.4) is 0 Å². The molecule has 0 spiro atoms. The first-order valence-corrected chi connectivity index (χ1v) is 6.16. The Balaban J connectivity index is 3.36. The van der Waals surface area contributed by atoms with E-state index in [9.17, 15) is 5.11 Å². The van der Waals surface area contributed by atoms with Crippen molar-refractivity contribution in [2.45, 2.75) is 32.5 Å². The Morgan fingerprint density at radius 2 is 2.07 bits per heavy atom. The lowest BCUT2D eigenvalue weighted by Crippen LogP contribution is -2.29. The second-order valence-corrected chi connectivity index (χ2v) is 4.82. The lowest BCUT2D eigenvalue weighted by molar-refractivity contribution is 0.0692. The van der Waals surface area contributed by atoms with E-state index in [2.05, 4.69) is 18.9 Å². The molecule has 0 rings (SSSR count). The molecule has 0 bridgehead atoms. The van der Waals surface area contributed by atoms with Crippen LogP contribution >= 0.6 is 18.9 Å². The summed E-state index contributed by atoms with van der Waals surface area (Å²) in [6.07, 6.45) is 0.820. The van der Waals surface area contributed by atoms with Crippen molar-refractivity contribution in [1.82, 2.24) is 4.67 Å². The highest BCUT2D eigenvalue weighted by atomic mass is 31.0. The molecular formula is C9H23NO3P2. The summed E-state index contributed by atoms with van der Waals surface area (Å²) >= 11 is 0. The lowest BCUT2D eigenvalue weighted by Gasteiger charge is -2.19. The van der Waals surface area contributed by atoms with E-state index in [1.54, 1.807) is 0 Å². The third-order valence-corrected chi connectivity index (χ3v) is 2.44. The topological polar surface area (TPSA) is 41.9 Å². The fraction of sp³-hybridized carbons (Fsp3) is 1.00. The van der Waals surface area contributed by atoms with E-state index < -0.39 is 6.10 Å². The van der Waals surface area contributed by atoms with Gasteiger partial charge in [0.1, 0.15) is 0 Å². The van der Waals surface area contributed by atoms with Gasteiger partial charge in [-0.25, -0.2) is 0 Å². The first-order valence-electron chi connectivity index (χ1n) is 5.17. The molecule has 6 heteroatoms. The Hall–Kier alpha value is 0.700. The first-order chi connectivity index (χ1) is 7.06. The summed E-state index contributed by atoms with van der Waals surface area (Å²) in [7, 11) is 4.74. The summed E-state index contributed by atoms with van der Waals surface area (Å²) in [5.74, 6) is 0. The molecule has 0 aromatic rings. The van der Waals surface area contributed by atoms with Crippen LogP contribution in [0.2, 0.25) is 0 Å². The number of rotatable bonds is 9. The van der Waals surface area contributed by atoms with Crippen molar-refractivity contribution in [2.75, 3.05) is 26.3 Å². The Morgan fingerprint density at radius 3 is 2.60 bits per heavy atom. The van der Waals surface area contributed by atoms with E-state index in [-0.39, 0.29) is 0 Å². The standard InChI is InChI=1S/C9H23NO3P2/c1-8(2)12-5-3-4-10(14)6-9(11)7-13-15/h8-9,11H,3-7,14-15H2,1-2H3/t9-/m0/s1. The fourth-order valence-electron chi connectivity index (χ4n) is 1.11. The molecule has 0 aliphatic heterocycles. The summed E-state index contributed by atoms with van der Waals surface area (Å²) in [6, 6.07) is 0. The Bertz CT molecular complexity index is 149. The molecule has 92 valence electrons. The highest BCUT2D eigenvalue weighted by molar-refractivity contribution is 7.13. The minimum atomic E-state index is -0.439. The van der Waals surface area contributed by atoms with Gasteiger partial charge in [0.05, 0.1) is 18.8 Å². The molecule has 4 nitrogen and oxygen atoms in total. The molecule has 0 aromatic heterocycles. The van der Waals surface area contributed by atoms with Crippen LogP contribution in [0.15, 0.2) is 0 Å². The maximum Gasteiger partial charge on any atom is 0.0906 e. The molecule has 0 saturated heterocycles. The molecule has 0 radical (unpaired) electrons. The van der Waals surface area contributed by atoms with Crippen LogP contribution in [0, 0.1) is 0 Å². The molecular weight excluding hydrogens is 232 g/mol. The van der Waals surface area contributed by atoms with Gasteiger partial charge in [-0.15, -0.1) is 0 Å². The summed E-state index contributed by atoms with van der Waals surface area (Å²) in [5, 5.41) is 9.44. The van der Waals surface area contributed by atoms with Crippen LogP contribution in [0.5, 0.6) is 0 Å². The number of aliphatic hydroxyl groups excluding tert-OH is 1. The quantitative estimate of drug-likeness (QED) is 0.494. The van der Waals surface area contributed by atoms with Crippen LogP contribution in [0.1, 0.15) is 20.3 Å². The molecule has 2 unspecified atom stereocenters. The average Bonchev–Trinajstić information content (AvgIpc) is 2.12. The minimum Gasteiger partial charge on any atom is -0.389 e. The molecule has 0 heterocycles. The molecule has 15 heavy (non-hydrogen) atoms. The predicted molar refractivity (Wildman–Crippen MR) is 68.7 cm³/mol. The van der Waals surface area contributed by atoms with Crippen molar-refractivity contribution in [3.05, 3.63) is 0 Å². The third kappa shape index (κ3) is 11.0. The second-order valence-electron chi connectivity index (χ2n) is 3.76. The van der Waals surface area contributed by atoms with Gasteiger partial charge < -0.3 is 14.4 Å². The SMILES string of the molecule is CC(C)OCCCN(P)C[C@H](O)COP. The van der Waals surface area contributed by atoms with Crippen molar-refractivity contribution < 1.29 is 14.4 Å². The van der Waals surface area contributed by atoms with E-state index >= 15 is 0 Å². The summed E-state index contributed by atoms with van der Waals surface area (Å²) in [6.45, 7) is 6.65. The normalized spacial score (nSPS) is 13.8. The molecule has 0 fully saturated rings. The Labute approximate surface area is 97.2 Å². The van der Waals surface area contributed by atoms with E-state index in [4.69, 9.17) is 9.26 Å². The van der Waals surface area contributed by atoms with E-state index in [1.807, 2.05) is 18.5 Å². The average molecular weight is 255 g/mol. The van der Waals surface area contributed by atoms with Gasteiger partial charge in [-0.05, 0) is 20.3 Å². The third-order valence-electron chi connectivity index (χ3n) is 1.77. The zero-order valence-corrected chi connectivity index (χ0v) is 11.9. The maximum absolute atomic E-state index is 9.44. The molecule has 0 amide bonds. The Kier molecular flexibility index (Phi) is 10.4. The summed E-state index contributed by atoms with van der Waals surface area (Å²) < 4.78 is 12.2. The predicted octanol–water partition coefficient (Wildman–Crippen LogP) is 1.06. The molecule has 0 aliphatic carbocycles. The molecule has 0 saturated carbocycles. The van der Waals surface area contributed by atoms with Gasteiger partial charge in [0.2, 0.25) is 0 Å². The number of hydrogen-bond acceptors (Lipinski definition) is 4. The number of hydrogen-bond donors (Lipinski definition) is 1. The van der Waals surface area contributed by atoms with E-state index in [0.29, 0.717) is 19.3 Å². The summed E-state index contributed by atoms with van der Waals surface area (Å²) in [4.78, 5) is 0. The van der Waals surface area contributed by atoms with Crippen LogP contribution < -0.4 is 0 Å². The van der Waals surface area contributed by atoms with E-state index in [1.165, 1.54) is 0 Å². The maximum atomic E-state index is 9.44. The van der Waals surface area contributed by atoms with Crippen LogP contribution in [-0.4, -0.2) is 48.3 Å². The van der Waals surface area contributed by atoms with Crippen molar-refractivity contribution >= 4 is 18.9 Å². The van der Waals surface area contributed by atoms with Gasteiger partial charge >= 0.3 is 0 Å². The minimum absolute atomic E-state index is 0.291. The summed E-state index contributed by atoms with van der Waals surface area (Å²) in [5.41, 5.74) is 0. The largest absolute Gasteiger partial charge is 0.389 e. The van der Waals surface area contributed by atoms with Gasteiger partial charge in [-0.2, -0.15) is 0 Å². The van der Waals surface area contributed by atoms with Crippen molar-refractivity contribution in [3.8, 4) is 0 Å². The van der Waals surface area contributed by atoms with E-state index in [0.717, 1.165) is 19.6 Å². The van der Waals surface area contributed by atoms with Crippen molar-refractivity contribution in [2.24, 2.45) is 0 Å². The van der Waals surface area contributed by atoms with Crippen molar-refractivity contribution in [3.63, 3.8) is 0 Å². The van der Waals surface area contributed by atoms with Gasteiger partial charge in [-0.1, -0.05) is 9.39 Å². The van der Waals surface area contributed by atoms with Gasteiger partial charge in [0.15, 0.2) is 0 Å². The lowest BCUT2D eigenvalue weighted by atomic mass is 10.3. The fourth-order valence-corrected chi connectivity index (χ4v) is 1.76. The van der Waals surface area contributed by atoms with Gasteiger partial charge in [-0.3, -0.25) is 4.67 Å². The zero-order chi connectivity index (χ0) is 11.7. The van der Waals surface area contributed by atoms with Crippen LogP contribution in [-0.2, 0) is 9.26 Å². The van der Waals surface area contributed by atoms with Crippen LogP contribution in [0.25, 0.3) is 0 Å². The molecule has 0 aliphatic rings. The van der Waals surface area contributed by atoms with Gasteiger partial charge in [0, 0.05) is 29.2 Å². The number of ether oxygens (including phenoxy) is 1. The van der Waals surface area contributed by atoms with Crippen LogP contribution in [0.4, 0.5) is 0 Å². The second kappa shape index (κ2) is 9.89. The monoisotopic (exact) mass is 255 g/mol. The van der Waals surface area contributed by atoms with Crippen molar-refractivity contribution in [1.29, 1.82) is 0 Å². The number of nitrogens with zero attached hydrogens (tertiary/aromatic N) is 1. The Morgan fingerprint density at radius 1 is 1.40 bits per heavy atom. The molecule has 3 atom stereocenters. The smallest absolute Gasteiger partial charge is 0.0906 e.